The number of nitro benzene ring substituents is 1. The quantitative estimate of drug-likeness (QED) is 0.617. The van der Waals surface area contributed by atoms with Crippen molar-refractivity contribution in [2.45, 2.75) is 20.8 Å². The first-order valence-corrected chi connectivity index (χ1v) is 5.72. The number of nitrogens with zero attached hydrogens (tertiary/aromatic N) is 1. The lowest BCUT2D eigenvalue weighted by Gasteiger charge is -2.10. The summed E-state index contributed by atoms with van der Waals surface area (Å²) in [4.78, 5) is 21.9. The lowest BCUT2D eigenvalue weighted by molar-refractivity contribution is -0.385. The number of nitrogens with one attached hydrogen (secondary N) is 2. The second kappa shape index (κ2) is 6.11. The molecule has 0 aliphatic heterocycles. The smallest absolute Gasteiger partial charge is 0.272 e. The molecular weight excluding hydrogens is 234 g/mol. The highest BCUT2D eigenvalue weighted by Crippen LogP contribution is 2.25. The zero-order chi connectivity index (χ0) is 13.7. The van der Waals surface area contributed by atoms with Crippen LogP contribution in [0.1, 0.15) is 18.1 Å². The van der Waals surface area contributed by atoms with Crippen molar-refractivity contribution in [2.75, 3.05) is 18.4 Å². The fraction of sp³-hybridized carbons (Fsp3) is 0.417. The van der Waals surface area contributed by atoms with Crippen LogP contribution in [0.4, 0.5) is 11.4 Å². The Balaban J connectivity index is 2.88. The molecule has 2 N–H and O–H groups in total. The van der Waals surface area contributed by atoms with Crippen molar-refractivity contribution in [1.29, 1.82) is 0 Å². The second-order valence-corrected chi connectivity index (χ2v) is 4.04. The molecule has 1 aromatic carbocycles. The molecule has 0 heterocycles. The Kier molecular flexibility index (Phi) is 4.79. The molecule has 1 rings (SSSR count). The Bertz CT molecular complexity index is 472. The first-order valence-electron chi connectivity index (χ1n) is 5.72. The number of aryl methyl sites for hydroxylation is 2. The summed E-state index contributed by atoms with van der Waals surface area (Å²) in [5.74, 6) is -0.159. The van der Waals surface area contributed by atoms with Crippen molar-refractivity contribution < 1.29 is 9.72 Å². The van der Waals surface area contributed by atoms with E-state index in [9.17, 15) is 14.9 Å². The molecule has 1 aromatic rings. The highest BCUT2D eigenvalue weighted by atomic mass is 16.6. The van der Waals surface area contributed by atoms with Gasteiger partial charge in [0, 0.05) is 17.3 Å². The van der Waals surface area contributed by atoms with Gasteiger partial charge in [-0.05, 0) is 32.0 Å². The largest absolute Gasteiger partial charge is 0.325 e. The van der Waals surface area contributed by atoms with E-state index in [1.807, 2.05) is 6.92 Å². The average molecular weight is 251 g/mol. The van der Waals surface area contributed by atoms with E-state index in [-0.39, 0.29) is 18.1 Å². The van der Waals surface area contributed by atoms with Gasteiger partial charge in [0.2, 0.25) is 5.91 Å². The SMILES string of the molecule is CCNCC(=O)Nc1cc(C)c([N+](=O)[O-])cc1C. The molecule has 0 aliphatic carbocycles. The van der Waals surface area contributed by atoms with Gasteiger partial charge in [0.25, 0.3) is 5.69 Å². The number of carbonyl (C=O) groups is 1. The normalized spacial score (nSPS) is 10.2. The monoisotopic (exact) mass is 251 g/mol. The van der Waals surface area contributed by atoms with E-state index in [1.165, 1.54) is 6.07 Å². The van der Waals surface area contributed by atoms with E-state index in [4.69, 9.17) is 0 Å². The van der Waals surface area contributed by atoms with Gasteiger partial charge in [-0.1, -0.05) is 6.92 Å². The van der Waals surface area contributed by atoms with Crippen LogP contribution in [0, 0.1) is 24.0 Å². The molecule has 0 saturated carbocycles. The summed E-state index contributed by atoms with van der Waals surface area (Å²) < 4.78 is 0. The van der Waals surface area contributed by atoms with Crippen molar-refractivity contribution in [3.8, 4) is 0 Å². The van der Waals surface area contributed by atoms with E-state index in [0.717, 1.165) is 0 Å². The standard InChI is InChI=1S/C12H17N3O3/c1-4-13-7-12(16)14-10-5-9(3)11(15(17)18)6-8(10)2/h5-6,13H,4,7H2,1-3H3,(H,14,16). The van der Waals surface area contributed by atoms with Gasteiger partial charge in [-0.3, -0.25) is 14.9 Å². The molecular formula is C12H17N3O3. The minimum absolute atomic E-state index is 0.0668. The number of likely N-dealkylation sites (N-methyl/N-ethyl adjacent to an activating group) is 1. The zero-order valence-electron chi connectivity index (χ0n) is 10.7. The summed E-state index contributed by atoms with van der Waals surface area (Å²) in [6.45, 7) is 6.24. The summed E-state index contributed by atoms with van der Waals surface area (Å²) in [6.07, 6.45) is 0. The van der Waals surface area contributed by atoms with Crippen molar-refractivity contribution in [2.24, 2.45) is 0 Å². The molecule has 0 aliphatic rings. The van der Waals surface area contributed by atoms with Crippen LogP contribution in [0.2, 0.25) is 0 Å². The van der Waals surface area contributed by atoms with Crippen LogP contribution in [0.25, 0.3) is 0 Å². The van der Waals surface area contributed by atoms with Crippen molar-refractivity contribution in [1.82, 2.24) is 5.32 Å². The Morgan fingerprint density at radius 3 is 2.56 bits per heavy atom. The van der Waals surface area contributed by atoms with E-state index in [0.29, 0.717) is 23.4 Å². The number of nitro groups is 1. The fourth-order valence-electron chi connectivity index (χ4n) is 1.57. The number of hydrogen-bond donors (Lipinski definition) is 2. The number of anilines is 1. The summed E-state index contributed by atoms with van der Waals surface area (Å²) in [6, 6.07) is 3.09. The molecule has 0 bridgehead atoms. The van der Waals surface area contributed by atoms with E-state index >= 15 is 0 Å². The molecule has 6 nitrogen and oxygen atoms in total. The fourth-order valence-corrected chi connectivity index (χ4v) is 1.57. The van der Waals surface area contributed by atoms with Gasteiger partial charge in [0.05, 0.1) is 11.5 Å². The van der Waals surface area contributed by atoms with Gasteiger partial charge in [0.1, 0.15) is 0 Å². The molecule has 0 atom stereocenters. The van der Waals surface area contributed by atoms with Crippen LogP contribution in [-0.2, 0) is 4.79 Å². The molecule has 18 heavy (non-hydrogen) atoms. The molecule has 6 heteroatoms. The second-order valence-electron chi connectivity index (χ2n) is 4.04. The number of rotatable bonds is 5. The maximum absolute atomic E-state index is 11.5. The van der Waals surface area contributed by atoms with Gasteiger partial charge in [-0.15, -0.1) is 0 Å². The molecule has 0 unspecified atom stereocenters. The highest BCUT2D eigenvalue weighted by Gasteiger charge is 2.14. The molecule has 0 radical (unpaired) electrons. The first-order chi connectivity index (χ1) is 8.45. The number of amides is 1. The maximum atomic E-state index is 11.5. The van der Waals surface area contributed by atoms with E-state index < -0.39 is 4.92 Å². The van der Waals surface area contributed by atoms with Gasteiger partial charge < -0.3 is 10.6 Å². The van der Waals surface area contributed by atoms with Crippen LogP contribution >= 0.6 is 0 Å². The Morgan fingerprint density at radius 2 is 2.00 bits per heavy atom. The minimum atomic E-state index is -0.424. The molecule has 0 fully saturated rings. The predicted octanol–water partition coefficient (Wildman–Crippen LogP) is 1.76. The first kappa shape index (κ1) is 14.1. The predicted molar refractivity (Wildman–Crippen MR) is 69.7 cm³/mol. The Labute approximate surface area is 106 Å². The maximum Gasteiger partial charge on any atom is 0.272 e. The number of hydrogen-bond acceptors (Lipinski definition) is 4. The molecule has 98 valence electrons. The minimum Gasteiger partial charge on any atom is -0.325 e. The Hall–Kier alpha value is -1.95. The van der Waals surface area contributed by atoms with Crippen molar-refractivity contribution in [3.63, 3.8) is 0 Å². The third-order valence-corrected chi connectivity index (χ3v) is 2.55. The van der Waals surface area contributed by atoms with Gasteiger partial charge >= 0.3 is 0 Å². The van der Waals surface area contributed by atoms with E-state index in [1.54, 1.807) is 19.9 Å². The van der Waals surface area contributed by atoms with Crippen LogP contribution in [0.15, 0.2) is 12.1 Å². The van der Waals surface area contributed by atoms with Crippen LogP contribution in [0.3, 0.4) is 0 Å². The summed E-state index contributed by atoms with van der Waals surface area (Å²) in [5, 5.41) is 16.4. The van der Waals surface area contributed by atoms with Crippen molar-refractivity contribution >= 4 is 17.3 Å². The third-order valence-electron chi connectivity index (χ3n) is 2.55. The molecule has 0 aromatic heterocycles. The molecule has 0 saturated heterocycles. The zero-order valence-corrected chi connectivity index (χ0v) is 10.7. The molecule has 0 spiro atoms. The summed E-state index contributed by atoms with van der Waals surface area (Å²) in [5.41, 5.74) is 1.89. The highest BCUT2D eigenvalue weighted by molar-refractivity contribution is 5.93. The Morgan fingerprint density at radius 1 is 1.33 bits per heavy atom. The molecule has 1 amide bonds. The van der Waals surface area contributed by atoms with Gasteiger partial charge in [-0.25, -0.2) is 0 Å². The summed E-state index contributed by atoms with van der Waals surface area (Å²) in [7, 11) is 0. The summed E-state index contributed by atoms with van der Waals surface area (Å²) >= 11 is 0. The van der Waals surface area contributed by atoms with Gasteiger partial charge in [-0.2, -0.15) is 0 Å². The lowest BCUT2D eigenvalue weighted by atomic mass is 10.1. The number of benzene rings is 1. The number of carbonyl (C=O) groups excluding carboxylic acids is 1. The van der Waals surface area contributed by atoms with Crippen LogP contribution in [0.5, 0.6) is 0 Å². The van der Waals surface area contributed by atoms with E-state index in [2.05, 4.69) is 10.6 Å². The van der Waals surface area contributed by atoms with Crippen LogP contribution in [-0.4, -0.2) is 23.9 Å². The van der Waals surface area contributed by atoms with Crippen molar-refractivity contribution in [3.05, 3.63) is 33.4 Å². The average Bonchev–Trinajstić information content (AvgIpc) is 2.30. The topological polar surface area (TPSA) is 84.3 Å². The van der Waals surface area contributed by atoms with Gasteiger partial charge in [0.15, 0.2) is 0 Å². The lowest BCUT2D eigenvalue weighted by Crippen LogP contribution is -2.28. The van der Waals surface area contributed by atoms with Crippen LogP contribution < -0.4 is 10.6 Å². The third kappa shape index (κ3) is 3.53.